The van der Waals surface area contributed by atoms with E-state index in [4.69, 9.17) is 9.36 Å². The third-order valence-electron chi connectivity index (χ3n) is 10.0. The van der Waals surface area contributed by atoms with Crippen LogP contribution in [0.4, 0.5) is 0 Å². The molecule has 1 heterocycles. The lowest BCUT2D eigenvalue weighted by atomic mass is 9.45. The van der Waals surface area contributed by atoms with E-state index < -0.39 is 0 Å². The lowest BCUT2D eigenvalue weighted by Gasteiger charge is -2.60. The van der Waals surface area contributed by atoms with Gasteiger partial charge in [0.1, 0.15) is 6.61 Å². The van der Waals surface area contributed by atoms with Crippen LogP contribution in [-0.4, -0.2) is 52.7 Å². The third-order valence-corrected chi connectivity index (χ3v) is 10.0. The average molecular weight is 459 g/mol. The van der Waals surface area contributed by atoms with Gasteiger partial charge in [0.05, 0.1) is 24.8 Å². The van der Waals surface area contributed by atoms with Gasteiger partial charge in [-0.3, -0.25) is 0 Å². The van der Waals surface area contributed by atoms with E-state index in [1.165, 1.54) is 44.2 Å². The smallest absolute Gasteiger partial charge is 0.230 e. The molecule has 4 aliphatic carbocycles. The van der Waals surface area contributed by atoms with Gasteiger partial charge in [0.15, 0.2) is 5.82 Å². The molecule has 4 aliphatic rings. The summed E-state index contributed by atoms with van der Waals surface area (Å²) in [5.41, 5.74) is 1.82. The van der Waals surface area contributed by atoms with Crippen LogP contribution in [0.5, 0.6) is 0 Å². The van der Waals surface area contributed by atoms with Gasteiger partial charge in [-0.25, -0.2) is 0 Å². The number of hydrogen-bond donors (Lipinski definition) is 1. The summed E-state index contributed by atoms with van der Waals surface area (Å²) in [6.45, 7) is 6.10. The maximum absolute atomic E-state index is 10.7. The largest absolute Gasteiger partial charge is 0.395 e. The number of hydrogen-bond acceptors (Lipinski definition) is 7. The minimum atomic E-state index is -0.0806. The second-order valence-electron chi connectivity index (χ2n) is 12.1. The predicted octanol–water partition coefficient (Wildman–Crippen LogP) is 4.45. The van der Waals surface area contributed by atoms with E-state index in [0.29, 0.717) is 36.7 Å². The highest BCUT2D eigenvalue weighted by Gasteiger charge is 2.59. The molecule has 0 spiro atoms. The highest BCUT2D eigenvalue weighted by atomic mass is 16.6. The standard InChI is InChI=1S/C26H42N4O3/c1-25-12-9-18(28-32-14-11-24-27-23(29-33-24)16-30(3)4)15-17(25)5-6-19-20-7-8-22(31)26(20,2)13-10-21(19)25/h17,19-22,31H,5-16H2,1-4H3/t17?,19?,20?,21-,22?,25?,26?/m0/s1. The van der Waals surface area contributed by atoms with Gasteiger partial charge in [-0.05, 0) is 106 Å². The fraction of sp³-hybridized carbons (Fsp3) is 0.885. The highest BCUT2D eigenvalue weighted by molar-refractivity contribution is 5.85. The monoisotopic (exact) mass is 458 g/mol. The zero-order valence-corrected chi connectivity index (χ0v) is 20.9. The summed E-state index contributed by atoms with van der Waals surface area (Å²) < 4.78 is 5.30. The Morgan fingerprint density at radius 3 is 2.73 bits per heavy atom. The first-order chi connectivity index (χ1) is 15.8. The molecule has 1 N–H and O–H groups in total. The molecule has 0 aliphatic heterocycles. The zero-order valence-electron chi connectivity index (χ0n) is 20.9. The van der Waals surface area contributed by atoms with Crippen molar-refractivity contribution in [3.05, 3.63) is 11.7 Å². The average Bonchev–Trinajstić information content (AvgIpc) is 3.34. The number of nitrogens with zero attached hydrogens (tertiary/aromatic N) is 4. The Hall–Kier alpha value is -1.47. The lowest BCUT2D eigenvalue weighted by Crippen LogP contribution is -2.54. The number of aliphatic hydroxyl groups is 1. The van der Waals surface area contributed by atoms with Crippen LogP contribution in [0.3, 0.4) is 0 Å². The van der Waals surface area contributed by atoms with Gasteiger partial charge in [0.25, 0.3) is 0 Å². The Morgan fingerprint density at radius 1 is 1.09 bits per heavy atom. The van der Waals surface area contributed by atoms with Crippen molar-refractivity contribution in [1.82, 2.24) is 15.0 Å². The van der Waals surface area contributed by atoms with E-state index in [1.807, 2.05) is 19.0 Å². The van der Waals surface area contributed by atoms with Gasteiger partial charge in [-0.15, -0.1) is 0 Å². The van der Waals surface area contributed by atoms with E-state index in [-0.39, 0.29) is 11.5 Å². The fourth-order valence-corrected chi connectivity index (χ4v) is 8.12. The molecule has 184 valence electrons. The van der Waals surface area contributed by atoms with Crippen molar-refractivity contribution in [2.75, 3.05) is 20.7 Å². The lowest BCUT2D eigenvalue weighted by molar-refractivity contribution is -0.112. The van der Waals surface area contributed by atoms with Crippen molar-refractivity contribution < 1.29 is 14.5 Å². The number of rotatable bonds is 6. The molecule has 7 heteroatoms. The van der Waals surface area contributed by atoms with Gasteiger partial charge < -0.3 is 19.4 Å². The maximum atomic E-state index is 10.7. The molecule has 7 nitrogen and oxygen atoms in total. The first-order valence-corrected chi connectivity index (χ1v) is 13.1. The molecule has 5 rings (SSSR count). The summed E-state index contributed by atoms with van der Waals surface area (Å²) in [6.07, 6.45) is 11.3. The SMILES string of the molecule is CN(C)Cc1noc(CCON=C2CCC3(C)C(CCC4C5CCC(O)C5(C)CC[C@@H]43)C2)n1. The summed E-state index contributed by atoms with van der Waals surface area (Å²) >= 11 is 0. The van der Waals surface area contributed by atoms with Crippen molar-refractivity contribution in [3.8, 4) is 0 Å². The molecule has 33 heavy (non-hydrogen) atoms. The number of fused-ring (bicyclic) bond motifs is 5. The van der Waals surface area contributed by atoms with Crippen LogP contribution in [0.1, 0.15) is 83.3 Å². The second-order valence-corrected chi connectivity index (χ2v) is 12.1. The van der Waals surface area contributed by atoms with Gasteiger partial charge >= 0.3 is 0 Å². The van der Waals surface area contributed by atoms with Crippen molar-refractivity contribution in [3.63, 3.8) is 0 Å². The van der Waals surface area contributed by atoms with Gasteiger partial charge in [0, 0.05) is 0 Å². The van der Waals surface area contributed by atoms with Crippen molar-refractivity contribution in [1.29, 1.82) is 0 Å². The van der Waals surface area contributed by atoms with Gasteiger partial charge in [-0.2, -0.15) is 4.98 Å². The Balaban J connectivity index is 1.15. The maximum Gasteiger partial charge on any atom is 0.230 e. The van der Waals surface area contributed by atoms with Crippen LogP contribution in [0.25, 0.3) is 0 Å². The molecule has 0 amide bonds. The van der Waals surface area contributed by atoms with E-state index in [9.17, 15) is 5.11 Å². The number of aliphatic hydroxyl groups excluding tert-OH is 1. The zero-order chi connectivity index (χ0) is 23.2. The van der Waals surface area contributed by atoms with Crippen molar-refractivity contribution in [2.24, 2.45) is 39.7 Å². The Bertz CT molecular complexity index is 869. The molecular weight excluding hydrogens is 416 g/mol. The Kier molecular flexibility index (Phi) is 6.32. The summed E-state index contributed by atoms with van der Waals surface area (Å²) in [4.78, 5) is 12.1. The van der Waals surface area contributed by atoms with Gasteiger partial charge in [-0.1, -0.05) is 24.2 Å². The molecule has 1 aromatic rings. The summed E-state index contributed by atoms with van der Waals surface area (Å²) in [6, 6.07) is 0. The molecule has 4 fully saturated rings. The predicted molar refractivity (Wildman–Crippen MR) is 127 cm³/mol. The van der Waals surface area contributed by atoms with Crippen LogP contribution in [0.2, 0.25) is 0 Å². The Morgan fingerprint density at radius 2 is 1.91 bits per heavy atom. The summed E-state index contributed by atoms with van der Waals surface area (Å²) in [7, 11) is 3.97. The molecule has 1 aromatic heterocycles. The highest BCUT2D eigenvalue weighted by Crippen LogP contribution is 2.65. The van der Waals surface area contributed by atoms with Crippen molar-refractivity contribution >= 4 is 5.71 Å². The minimum Gasteiger partial charge on any atom is -0.395 e. The topological polar surface area (TPSA) is 84.0 Å². The summed E-state index contributed by atoms with van der Waals surface area (Å²) in [5.74, 6) is 4.39. The molecule has 6 unspecified atom stereocenters. The molecule has 0 aromatic carbocycles. The first kappa shape index (κ1) is 23.3. The molecule has 4 saturated carbocycles. The minimum absolute atomic E-state index is 0.0806. The van der Waals surface area contributed by atoms with Crippen molar-refractivity contribution in [2.45, 2.75) is 90.7 Å². The van der Waals surface area contributed by atoms with E-state index >= 15 is 0 Å². The third kappa shape index (κ3) is 4.24. The summed E-state index contributed by atoms with van der Waals surface area (Å²) in [5, 5.41) is 19.2. The molecule has 7 atom stereocenters. The molecule has 0 saturated heterocycles. The van der Waals surface area contributed by atoms with E-state index in [1.54, 1.807) is 0 Å². The molecular formula is C26H42N4O3. The van der Waals surface area contributed by atoms with Crippen LogP contribution in [0.15, 0.2) is 9.68 Å². The van der Waals surface area contributed by atoms with Crippen LogP contribution < -0.4 is 0 Å². The van der Waals surface area contributed by atoms with E-state index in [2.05, 4.69) is 29.1 Å². The first-order valence-electron chi connectivity index (χ1n) is 13.1. The van der Waals surface area contributed by atoms with Gasteiger partial charge in [0.2, 0.25) is 5.89 Å². The fourth-order valence-electron chi connectivity index (χ4n) is 8.12. The van der Waals surface area contributed by atoms with E-state index in [0.717, 1.165) is 42.9 Å². The van der Waals surface area contributed by atoms with Crippen LogP contribution >= 0.6 is 0 Å². The second kappa shape index (κ2) is 8.95. The quantitative estimate of drug-likeness (QED) is 0.501. The Labute approximate surface area is 198 Å². The normalized spacial score (nSPS) is 41.6. The molecule has 0 radical (unpaired) electrons. The molecule has 0 bridgehead atoms. The number of oxime groups is 1. The number of aromatic nitrogens is 2. The van der Waals surface area contributed by atoms with Crippen LogP contribution in [-0.2, 0) is 17.8 Å². The van der Waals surface area contributed by atoms with Crippen LogP contribution in [0, 0.1) is 34.5 Å².